The highest BCUT2D eigenvalue weighted by atomic mass is 35.5. The number of carbonyl (C=O) groups excluding carboxylic acids is 2. The topological polar surface area (TPSA) is 65.5 Å². The number of nitrogens with one attached hydrogen (secondary N) is 1. The molecule has 0 spiro atoms. The van der Waals surface area contributed by atoms with E-state index in [9.17, 15) is 9.59 Å². The van der Waals surface area contributed by atoms with Gasteiger partial charge in [-0.1, -0.05) is 11.6 Å². The molecule has 0 radical (unpaired) electrons. The Morgan fingerprint density at radius 2 is 2.12 bits per heavy atom. The summed E-state index contributed by atoms with van der Waals surface area (Å²) in [6.07, 6.45) is 4.98. The maximum Gasteiger partial charge on any atom is 0.246 e. The van der Waals surface area contributed by atoms with Crippen LogP contribution in [0.5, 0.6) is 0 Å². The van der Waals surface area contributed by atoms with Gasteiger partial charge < -0.3 is 10.2 Å². The van der Waals surface area contributed by atoms with Gasteiger partial charge in [-0.3, -0.25) is 14.5 Å². The first-order valence-electron chi connectivity index (χ1n) is 9.88. The summed E-state index contributed by atoms with van der Waals surface area (Å²) in [6.45, 7) is 3.54. The molecule has 0 saturated heterocycles. The third-order valence-corrected chi connectivity index (χ3v) is 6.76. The first-order chi connectivity index (χ1) is 14.8. The second kappa shape index (κ2) is 10.0. The molecule has 1 N–H and O–H groups in total. The van der Waals surface area contributed by atoms with Crippen molar-refractivity contribution in [1.82, 2.24) is 14.8 Å². The number of hydrogen-bond acceptors (Lipinski definition) is 5. The lowest BCUT2D eigenvalue weighted by atomic mass is 10.1. The molecule has 6 nitrogen and oxygen atoms in total. The number of rotatable bonds is 4. The molecule has 1 aliphatic rings. The summed E-state index contributed by atoms with van der Waals surface area (Å²) in [4.78, 5) is 33.6. The fraction of sp³-hybridized carbons (Fsp3) is 0.261. The minimum absolute atomic E-state index is 0. The first-order valence-corrected chi connectivity index (χ1v) is 11.1. The van der Waals surface area contributed by atoms with Crippen LogP contribution >= 0.6 is 35.3 Å². The highest BCUT2D eigenvalue weighted by Crippen LogP contribution is 2.33. The summed E-state index contributed by atoms with van der Waals surface area (Å²) in [5.41, 5.74) is 2.90. The van der Waals surface area contributed by atoms with Crippen LogP contribution in [0.3, 0.4) is 0 Å². The summed E-state index contributed by atoms with van der Waals surface area (Å²) in [5, 5.41) is 4.66. The number of carbonyl (C=O) groups is 2. The number of fused-ring (bicyclic) bond motifs is 2. The predicted molar refractivity (Wildman–Crippen MR) is 134 cm³/mol. The molecule has 168 valence electrons. The average Bonchev–Trinajstić information content (AvgIpc) is 2.93. The van der Waals surface area contributed by atoms with E-state index in [1.165, 1.54) is 4.70 Å². The van der Waals surface area contributed by atoms with Crippen molar-refractivity contribution in [3.8, 4) is 0 Å². The van der Waals surface area contributed by atoms with Crippen LogP contribution in [0, 0.1) is 6.92 Å². The quantitative estimate of drug-likeness (QED) is 0.536. The van der Waals surface area contributed by atoms with Crippen LogP contribution in [-0.4, -0.2) is 47.2 Å². The summed E-state index contributed by atoms with van der Waals surface area (Å²) < 4.78 is 1.17. The van der Waals surface area contributed by atoms with Gasteiger partial charge in [-0.2, -0.15) is 0 Å². The van der Waals surface area contributed by atoms with Crippen molar-refractivity contribution in [3.05, 3.63) is 63.1 Å². The largest absolute Gasteiger partial charge is 0.337 e. The van der Waals surface area contributed by atoms with E-state index in [0.717, 1.165) is 27.0 Å². The maximum atomic E-state index is 12.7. The number of amides is 2. The highest BCUT2D eigenvalue weighted by molar-refractivity contribution is 7.19. The minimum Gasteiger partial charge on any atom is -0.337 e. The molecule has 0 saturated carbocycles. The van der Waals surface area contributed by atoms with E-state index in [4.69, 9.17) is 11.6 Å². The number of thiophene rings is 1. The van der Waals surface area contributed by atoms with Gasteiger partial charge in [0, 0.05) is 46.0 Å². The molecule has 0 fully saturated rings. The molecule has 0 aliphatic carbocycles. The van der Waals surface area contributed by atoms with Gasteiger partial charge in [-0.05, 0) is 60.8 Å². The number of aromatic nitrogens is 1. The lowest BCUT2D eigenvalue weighted by molar-refractivity contribution is -0.125. The van der Waals surface area contributed by atoms with Gasteiger partial charge >= 0.3 is 0 Å². The number of pyridine rings is 1. The van der Waals surface area contributed by atoms with E-state index in [-0.39, 0.29) is 24.2 Å². The Morgan fingerprint density at radius 3 is 2.91 bits per heavy atom. The Labute approximate surface area is 202 Å². The molecule has 1 aromatic carbocycles. The van der Waals surface area contributed by atoms with Crippen LogP contribution in [0.25, 0.3) is 16.2 Å². The molecule has 1 aliphatic heterocycles. The Hall–Kier alpha value is -2.45. The molecule has 0 bridgehead atoms. The van der Waals surface area contributed by atoms with Gasteiger partial charge in [0.2, 0.25) is 11.8 Å². The molecule has 0 unspecified atom stereocenters. The molecule has 2 amide bonds. The Kier molecular flexibility index (Phi) is 7.56. The van der Waals surface area contributed by atoms with Crippen molar-refractivity contribution in [2.45, 2.75) is 20.0 Å². The summed E-state index contributed by atoms with van der Waals surface area (Å²) in [6, 6.07) is 7.83. The summed E-state index contributed by atoms with van der Waals surface area (Å²) >= 11 is 7.81. The number of likely N-dealkylation sites (N-methyl/N-ethyl adjacent to an activating group) is 2. The van der Waals surface area contributed by atoms with Gasteiger partial charge in [0.1, 0.15) is 5.82 Å². The zero-order valence-corrected chi connectivity index (χ0v) is 20.4. The molecule has 0 atom stereocenters. The SMILES string of the molecule is Cc1c(CN(C)C(=O)C=Cc2cnc3c(c2)CN(C)CC(=O)N3)sc2ccc(Cl)cc12.Cl. The molecule has 4 rings (SSSR count). The normalized spacial score (nSPS) is 14.1. The Balaban J connectivity index is 0.00000289. The second-order valence-electron chi connectivity index (χ2n) is 7.82. The summed E-state index contributed by atoms with van der Waals surface area (Å²) in [7, 11) is 3.68. The zero-order valence-electron chi connectivity index (χ0n) is 18.0. The average molecular weight is 491 g/mol. The maximum absolute atomic E-state index is 12.7. The van der Waals surface area contributed by atoms with Crippen LogP contribution in [0.15, 0.2) is 36.5 Å². The van der Waals surface area contributed by atoms with E-state index in [0.29, 0.717) is 30.5 Å². The molecule has 9 heteroatoms. The van der Waals surface area contributed by atoms with Gasteiger partial charge in [-0.25, -0.2) is 4.98 Å². The van der Waals surface area contributed by atoms with Crippen LogP contribution < -0.4 is 5.32 Å². The Morgan fingerprint density at radius 1 is 1.34 bits per heavy atom. The number of hydrogen-bond donors (Lipinski definition) is 1. The van der Waals surface area contributed by atoms with E-state index in [2.05, 4.69) is 17.2 Å². The monoisotopic (exact) mass is 490 g/mol. The lowest BCUT2D eigenvalue weighted by Gasteiger charge is -2.14. The molecule has 3 heterocycles. The van der Waals surface area contributed by atoms with Crippen molar-refractivity contribution in [1.29, 1.82) is 0 Å². The van der Waals surface area contributed by atoms with E-state index in [1.807, 2.05) is 36.2 Å². The number of nitrogens with zero attached hydrogens (tertiary/aromatic N) is 3. The summed E-state index contributed by atoms with van der Waals surface area (Å²) in [5.74, 6) is 0.415. The predicted octanol–water partition coefficient (Wildman–Crippen LogP) is 4.74. The van der Waals surface area contributed by atoms with Crippen LogP contribution in [0.1, 0.15) is 21.6 Å². The van der Waals surface area contributed by atoms with Gasteiger partial charge in [0.25, 0.3) is 0 Å². The van der Waals surface area contributed by atoms with Crippen LogP contribution in [-0.2, 0) is 22.7 Å². The van der Waals surface area contributed by atoms with E-state index < -0.39 is 0 Å². The first kappa shape index (κ1) is 24.2. The van der Waals surface area contributed by atoms with E-state index >= 15 is 0 Å². The highest BCUT2D eigenvalue weighted by Gasteiger charge is 2.18. The van der Waals surface area contributed by atoms with Gasteiger partial charge in [-0.15, -0.1) is 23.7 Å². The molecule has 2 aromatic heterocycles. The Bertz CT molecular complexity index is 1210. The second-order valence-corrected chi connectivity index (χ2v) is 9.39. The van der Waals surface area contributed by atoms with Crippen molar-refractivity contribution in [2.75, 3.05) is 26.0 Å². The van der Waals surface area contributed by atoms with Gasteiger partial charge in [0.15, 0.2) is 0 Å². The third-order valence-electron chi connectivity index (χ3n) is 5.27. The lowest BCUT2D eigenvalue weighted by Crippen LogP contribution is -2.26. The van der Waals surface area contributed by atoms with Crippen molar-refractivity contribution in [3.63, 3.8) is 0 Å². The molecular formula is C23H24Cl2N4O2S. The minimum atomic E-state index is -0.0877. The van der Waals surface area contributed by atoms with Crippen molar-refractivity contribution >= 4 is 69.1 Å². The fourth-order valence-electron chi connectivity index (χ4n) is 3.60. The number of anilines is 1. The van der Waals surface area contributed by atoms with Gasteiger partial charge in [0.05, 0.1) is 13.1 Å². The van der Waals surface area contributed by atoms with Crippen molar-refractivity contribution < 1.29 is 9.59 Å². The molecule has 3 aromatic rings. The number of benzene rings is 1. The van der Waals surface area contributed by atoms with Crippen LogP contribution in [0.4, 0.5) is 5.82 Å². The van der Waals surface area contributed by atoms with Crippen LogP contribution in [0.2, 0.25) is 5.02 Å². The molecule has 32 heavy (non-hydrogen) atoms. The standard InChI is InChI=1S/C23H23ClN4O2S.ClH/c1-14-18-9-17(24)5-6-19(18)31-20(14)12-28(3)22(30)7-4-15-8-16-11-27(2)13-21(29)26-23(16)25-10-15;/h4-10H,11-13H2,1-3H3,(H,25,26,29);1H. The number of halogens is 2. The zero-order chi connectivity index (χ0) is 22.1. The smallest absolute Gasteiger partial charge is 0.246 e. The van der Waals surface area contributed by atoms with E-state index in [1.54, 1.807) is 41.6 Å². The van der Waals surface area contributed by atoms with Crippen molar-refractivity contribution in [2.24, 2.45) is 0 Å². The number of aryl methyl sites for hydroxylation is 1. The third kappa shape index (κ3) is 5.30. The fourth-order valence-corrected chi connectivity index (χ4v) is 5.02. The molecular weight excluding hydrogens is 467 g/mol.